The van der Waals surface area contributed by atoms with Gasteiger partial charge in [0.2, 0.25) is 5.91 Å². The number of aliphatic hydroxyl groups is 7. The molecule has 17 nitrogen and oxygen atoms in total. The number of nitrogens with one attached hydrogen (secondary N) is 3. The van der Waals surface area contributed by atoms with Crippen LogP contribution in [0.2, 0.25) is 0 Å². The molecule has 1 aromatic heterocycles. The molecule has 0 bridgehead atoms. The molecule has 13 N–H and O–H groups in total. The van der Waals surface area contributed by atoms with E-state index in [2.05, 4.69) is 66.5 Å². The minimum atomic E-state index is -1.65. The first-order valence-corrected chi connectivity index (χ1v) is 27.2. The van der Waals surface area contributed by atoms with E-state index in [1.54, 1.807) is 12.5 Å². The van der Waals surface area contributed by atoms with Crippen LogP contribution in [0.1, 0.15) is 124 Å². The van der Waals surface area contributed by atoms with Crippen LogP contribution in [0.5, 0.6) is 0 Å². The van der Waals surface area contributed by atoms with Crippen molar-refractivity contribution in [1.29, 1.82) is 0 Å². The molecule has 1 amide bonds. The van der Waals surface area contributed by atoms with Gasteiger partial charge in [0.05, 0.1) is 48.0 Å². The average molecular weight is 1010 g/mol. The molecule has 10 rings (SSSR count). The van der Waals surface area contributed by atoms with Crippen molar-refractivity contribution in [2.45, 2.75) is 173 Å². The number of aromatic amines is 1. The number of H-pyrrole nitrogens is 1. The number of carboxylic acids is 1. The zero-order valence-electron chi connectivity index (χ0n) is 43.3. The molecule has 2 aliphatic heterocycles. The van der Waals surface area contributed by atoms with Crippen molar-refractivity contribution < 1.29 is 59.9 Å². The topological polar surface area (TPSA) is 293 Å². The highest BCUT2D eigenvalue weighted by molar-refractivity contribution is 5.87. The Kier molecular flexibility index (Phi) is 13.3. The van der Waals surface area contributed by atoms with E-state index in [1.807, 2.05) is 14.0 Å². The summed E-state index contributed by atoms with van der Waals surface area (Å²) in [6.07, 6.45) is 8.67. The molecular weight excluding hydrogens is 923 g/mol. The summed E-state index contributed by atoms with van der Waals surface area (Å²) in [5, 5.41) is 98.5. The number of carboxylic acid groups (broad SMARTS) is 1. The number of rotatable bonds is 12. The third-order valence-corrected chi connectivity index (χ3v) is 23.2. The fraction of sp³-hybridized carbons (Fsp3) is 0.836. The fourth-order valence-electron chi connectivity index (χ4n) is 19.1. The first-order chi connectivity index (χ1) is 34.0. The summed E-state index contributed by atoms with van der Waals surface area (Å²) in [5.41, 5.74) is 2.41. The van der Waals surface area contributed by atoms with Crippen LogP contribution in [0.15, 0.2) is 36.3 Å². The summed E-state index contributed by atoms with van der Waals surface area (Å²) in [6, 6.07) is -0.531. The largest absolute Gasteiger partial charge is 0.481 e. The van der Waals surface area contributed by atoms with Crippen LogP contribution in [0.3, 0.4) is 0 Å². The van der Waals surface area contributed by atoms with Crippen LogP contribution >= 0.6 is 0 Å². The Hall–Kier alpha value is -2.81. The third kappa shape index (κ3) is 7.13. The number of imidazole rings is 1. The van der Waals surface area contributed by atoms with Crippen molar-refractivity contribution >= 4 is 11.9 Å². The number of amides is 1. The molecule has 1 spiro atoms. The van der Waals surface area contributed by atoms with E-state index in [9.17, 15) is 45.6 Å². The highest BCUT2D eigenvalue weighted by atomic mass is 16.7. The third-order valence-electron chi connectivity index (χ3n) is 23.2. The van der Waals surface area contributed by atoms with Crippen LogP contribution in [-0.2, 0) is 24.5 Å². The second-order valence-electron chi connectivity index (χ2n) is 26.1. The Bertz CT molecular complexity index is 2280. The number of hydrogen-bond donors (Lipinski definition) is 12. The van der Waals surface area contributed by atoms with E-state index in [0.717, 1.165) is 25.0 Å². The summed E-state index contributed by atoms with van der Waals surface area (Å²) in [7, 11) is 1.82. The molecular formula is C55H85N5O12. The van der Waals surface area contributed by atoms with Gasteiger partial charge in [0, 0.05) is 48.3 Å². The van der Waals surface area contributed by atoms with E-state index in [-0.39, 0.29) is 43.5 Å². The first-order valence-electron chi connectivity index (χ1n) is 27.2. The SMILES string of the molecule is CNC[C@H](C[C@]1(c2cnc[nH]2)C=C[C@@H]([C@@H]2[C@@H](O)[C@@H](O[C@@H]3OC[C@@H](O)[C@H](O)[C@H]3O)[C@@](C)(CO)[C@H]3CC[C@]4(C)[C@H](CC=C5[C@@H]6C[C@@](C)(CO)CC[C@]6(C(=O)O)CC[C@]54C)[C@@]23C)[C@H]2[C@H]1NC(=O)C21CCCC1)[C@@H](N)O. The molecule has 72 heavy (non-hydrogen) atoms. The predicted molar refractivity (Wildman–Crippen MR) is 264 cm³/mol. The summed E-state index contributed by atoms with van der Waals surface area (Å²) < 4.78 is 12.8. The molecule has 17 heteroatoms. The van der Waals surface area contributed by atoms with Crippen LogP contribution in [-0.4, -0.2) is 145 Å². The van der Waals surface area contributed by atoms with Crippen LogP contribution in [0.4, 0.5) is 0 Å². The standard InChI is InChI=1S/C55H85N5O12/c1-48(26-61)17-19-53(47(69)70)20-18-50(3)31(32(53)22-48)9-10-35-51(50,4)15-12-34-49(2,27-62)43(72-45-41(66)39(64)33(63)25-71-45)40(65)37(52(34,35)5)30-11-16-55(36-24-58-28-59-36,21-29(23-57-6)44(56)67)42-38(30)54(46(68)60-42)13-7-8-14-54/h9,11,16,24,28-30,32-35,37-45,57,61-67H,7-8,10,12-15,17-23,25-27,56H2,1-6H3,(H,58,59)(H,60,68)(H,69,70)/t29-,30-,32-,33+,34+,35-,37+,38-,39-,40+,41+,42+,43+,44-,45-,48-,49-,50+,51+,52-,53-,55-/m0/s1. The summed E-state index contributed by atoms with van der Waals surface area (Å²) in [4.78, 5) is 36.7. The van der Waals surface area contributed by atoms with Crippen LogP contribution in [0, 0.1) is 79.3 Å². The van der Waals surface area contributed by atoms with Crippen molar-refractivity contribution in [1.82, 2.24) is 20.6 Å². The van der Waals surface area contributed by atoms with Gasteiger partial charge >= 0.3 is 5.97 Å². The number of aromatic nitrogens is 2. The zero-order chi connectivity index (χ0) is 51.8. The number of allylic oxidation sites excluding steroid dienone is 3. The molecule has 9 aliphatic rings. The minimum absolute atomic E-state index is 0.0195. The van der Waals surface area contributed by atoms with E-state index in [4.69, 9.17) is 15.2 Å². The smallest absolute Gasteiger partial charge is 0.310 e. The average Bonchev–Trinajstić information content (AvgIpc) is 4.14. The van der Waals surface area contributed by atoms with E-state index >= 15 is 4.79 Å². The number of hydrogen-bond acceptors (Lipinski definition) is 14. The van der Waals surface area contributed by atoms with Crippen molar-refractivity contribution in [3.8, 4) is 0 Å². The quantitative estimate of drug-likeness (QED) is 0.0815. The predicted octanol–water partition coefficient (Wildman–Crippen LogP) is 2.86. The van der Waals surface area contributed by atoms with Crippen LogP contribution < -0.4 is 16.4 Å². The number of nitrogens with two attached hydrogens (primary N) is 1. The number of carbonyl (C=O) groups excluding carboxylic acids is 1. The Balaban J connectivity index is 1.18. The van der Waals surface area contributed by atoms with Gasteiger partial charge in [0.1, 0.15) is 24.5 Å². The van der Waals surface area contributed by atoms with Gasteiger partial charge in [0.15, 0.2) is 6.29 Å². The molecule has 7 aliphatic carbocycles. The fourth-order valence-corrected chi connectivity index (χ4v) is 19.1. The van der Waals surface area contributed by atoms with Gasteiger partial charge in [-0.3, -0.25) is 9.59 Å². The molecule has 3 heterocycles. The molecule has 2 saturated heterocycles. The summed E-state index contributed by atoms with van der Waals surface area (Å²) in [5.74, 6) is -3.42. The Morgan fingerprint density at radius 2 is 1.68 bits per heavy atom. The van der Waals surface area contributed by atoms with Crippen molar-refractivity contribution in [3.63, 3.8) is 0 Å². The number of nitrogens with zero attached hydrogens (tertiary/aromatic N) is 1. The molecule has 0 aromatic carbocycles. The second kappa shape index (κ2) is 18.2. The Labute approximate surface area is 424 Å². The lowest BCUT2D eigenvalue weighted by molar-refractivity contribution is -0.343. The Morgan fingerprint density at radius 3 is 2.32 bits per heavy atom. The van der Waals surface area contributed by atoms with Gasteiger partial charge in [-0.2, -0.15) is 0 Å². The van der Waals surface area contributed by atoms with Crippen LogP contribution in [0.25, 0.3) is 0 Å². The van der Waals surface area contributed by atoms with E-state index in [1.165, 1.54) is 5.57 Å². The monoisotopic (exact) mass is 1010 g/mol. The number of aliphatic carboxylic acids is 1. The van der Waals surface area contributed by atoms with E-state index < -0.39 is 122 Å². The van der Waals surface area contributed by atoms with Gasteiger partial charge in [0.25, 0.3) is 0 Å². The lowest BCUT2D eigenvalue weighted by Gasteiger charge is -2.74. The minimum Gasteiger partial charge on any atom is -0.481 e. The molecule has 22 atom stereocenters. The molecule has 5 saturated carbocycles. The maximum atomic E-state index is 15.2. The number of fused-ring (bicyclic) bond motifs is 9. The molecule has 1 aromatic rings. The number of ether oxygens (including phenoxy) is 2. The maximum absolute atomic E-state index is 15.2. The van der Waals surface area contributed by atoms with Gasteiger partial charge in [-0.25, -0.2) is 4.98 Å². The maximum Gasteiger partial charge on any atom is 0.310 e. The van der Waals surface area contributed by atoms with E-state index in [0.29, 0.717) is 70.8 Å². The molecule has 0 unspecified atom stereocenters. The van der Waals surface area contributed by atoms with Gasteiger partial charge in [-0.1, -0.05) is 71.3 Å². The normalized spacial score (nSPS) is 50.2. The molecule has 0 radical (unpaired) electrons. The highest BCUT2D eigenvalue weighted by Gasteiger charge is 2.76. The molecule has 7 fully saturated rings. The van der Waals surface area contributed by atoms with Crippen molar-refractivity contribution in [2.75, 3.05) is 33.4 Å². The lowest BCUT2D eigenvalue weighted by atomic mass is 9.30. The lowest BCUT2D eigenvalue weighted by Crippen LogP contribution is -2.74. The molecule has 402 valence electrons. The number of carbonyl (C=O) groups is 2. The first kappa shape index (κ1) is 52.6. The Morgan fingerprint density at radius 1 is 0.958 bits per heavy atom. The van der Waals surface area contributed by atoms with Crippen molar-refractivity contribution in [3.05, 3.63) is 42.0 Å². The number of aliphatic hydroxyl groups excluding tert-OH is 7. The zero-order valence-corrected chi connectivity index (χ0v) is 43.3. The van der Waals surface area contributed by atoms with Gasteiger partial charge in [-0.15, -0.1) is 0 Å². The van der Waals surface area contributed by atoms with Crippen molar-refractivity contribution in [2.24, 2.45) is 85.1 Å². The summed E-state index contributed by atoms with van der Waals surface area (Å²) in [6.45, 7) is 10.8. The second-order valence-corrected chi connectivity index (χ2v) is 26.1. The van der Waals surface area contributed by atoms with Gasteiger partial charge in [-0.05, 0) is 129 Å². The highest BCUT2D eigenvalue weighted by Crippen LogP contribution is 2.78. The van der Waals surface area contributed by atoms with Gasteiger partial charge < -0.3 is 71.7 Å². The summed E-state index contributed by atoms with van der Waals surface area (Å²) >= 11 is 0.